The Hall–Kier alpha value is -1.87. The van der Waals surface area contributed by atoms with E-state index in [0.717, 1.165) is 30.2 Å². The predicted molar refractivity (Wildman–Crippen MR) is 85.5 cm³/mol. The van der Waals surface area contributed by atoms with Crippen molar-refractivity contribution < 1.29 is 9.47 Å². The average molecular weight is 304 g/mol. The maximum Gasteiger partial charge on any atom is 0.231 e. The number of anilines is 1. The van der Waals surface area contributed by atoms with Crippen molar-refractivity contribution in [2.75, 3.05) is 24.8 Å². The van der Waals surface area contributed by atoms with E-state index in [1.165, 1.54) is 5.69 Å². The Morgan fingerprint density at radius 3 is 2.62 bits per heavy atom. The third-order valence-electron chi connectivity index (χ3n) is 3.64. The number of likely N-dealkylation sites (N-methyl/N-ethyl adjacent to an activating group) is 1. The smallest absolute Gasteiger partial charge is 0.231 e. The molecule has 0 radical (unpaired) electrons. The highest BCUT2D eigenvalue weighted by molar-refractivity contribution is 6.21. The van der Waals surface area contributed by atoms with E-state index in [9.17, 15) is 0 Å². The van der Waals surface area contributed by atoms with Gasteiger partial charge in [0, 0.05) is 18.8 Å². The molecule has 0 aromatic heterocycles. The number of benzene rings is 2. The van der Waals surface area contributed by atoms with Gasteiger partial charge in [0.2, 0.25) is 6.79 Å². The molecule has 0 saturated carbocycles. The van der Waals surface area contributed by atoms with E-state index >= 15 is 0 Å². The first-order chi connectivity index (χ1) is 10.3. The lowest BCUT2D eigenvalue weighted by Crippen LogP contribution is -2.26. The van der Waals surface area contributed by atoms with E-state index in [2.05, 4.69) is 24.0 Å². The predicted octanol–water partition coefficient (Wildman–Crippen LogP) is 4.22. The van der Waals surface area contributed by atoms with Gasteiger partial charge in [0.05, 0.1) is 5.38 Å². The molecular weight excluding hydrogens is 286 g/mol. The summed E-state index contributed by atoms with van der Waals surface area (Å²) in [4.78, 5) is 2.27. The number of ether oxygens (including phenoxy) is 2. The van der Waals surface area contributed by atoms with Gasteiger partial charge < -0.3 is 14.4 Å². The van der Waals surface area contributed by atoms with Crippen LogP contribution in [-0.4, -0.2) is 19.9 Å². The highest BCUT2D eigenvalue weighted by Gasteiger charge is 2.18. The number of hydrogen-bond donors (Lipinski definition) is 0. The van der Waals surface area contributed by atoms with Crippen LogP contribution in [0.25, 0.3) is 0 Å². The molecule has 1 aliphatic heterocycles. The molecule has 1 heterocycles. The van der Waals surface area contributed by atoms with E-state index in [1.54, 1.807) is 0 Å². The zero-order chi connectivity index (χ0) is 14.7. The molecule has 1 aliphatic rings. The van der Waals surface area contributed by atoms with Crippen molar-refractivity contribution in [1.29, 1.82) is 0 Å². The van der Waals surface area contributed by atoms with Crippen LogP contribution in [0.5, 0.6) is 11.5 Å². The molecule has 2 aromatic carbocycles. The van der Waals surface area contributed by atoms with Crippen LogP contribution in [0.2, 0.25) is 0 Å². The first-order valence-corrected chi connectivity index (χ1v) is 7.55. The van der Waals surface area contributed by atoms with Gasteiger partial charge >= 0.3 is 0 Å². The molecule has 0 N–H and O–H groups in total. The zero-order valence-electron chi connectivity index (χ0n) is 12.0. The van der Waals surface area contributed by atoms with E-state index in [-0.39, 0.29) is 12.2 Å². The quantitative estimate of drug-likeness (QED) is 0.772. The second-order valence-electron chi connectivity index (χ2n) is 4.95. The van der Waals surface area contributed by atoms with Gasteiger partial charge in [-0.05, 0) is 36.8 Å². The highest BCUT2D eigenvalue weighted by Crippen LogP contribution is 2.36. The maximum atomic E-state index is 6.59. The molecule has 110 valence electrons. The van der Waals surface area contributed by atoms with Crippen LogP contribution in [0.4, 0.5) is 5.69 Å². The third kappa shape index (κ3) is 3.08. The fraction of sp³-hybridized carbons (Fsp3) is 0.294. The molecule has 1 atom stereocenters. The Bertz CT molecular complexity index is 603. The summed E-state index contributed by atoms with van der Waals surface area (Å²) < 4.78 is 10.7. The van der Waals surface area contributed by atoms with Crippen molar-refractivity contribution in [3.63, 3.8) is 0 Å². The molecule has 21 heavy (non-hydrogen) atoms. The minimum Gasteiger partial charge on any atom is -0.454 e. The molecule has 0 amide bonds. The maximum absolute atomic E-state index is 6.59. The minimum atomic E-state index is -0.0975. The number of hydrogen-bond acceptors (Lipinski definition) is 3. The molecule has 0 aliphatic carbocycles. The van der Waals surface area contributed by atoms with Crippen LogP contribution in [0.3, 0.4) is 0 Å². The van der Waals surface area contributed by atoms with E-state index in [4.69, 9.17) is 21.1 Å². The topological polar surface area (TPSA) is 21.7 Å². The van der Waals surface area contributed by atoms with Gasteiger partial charge in [-0.1, -0.05) is 24.3 Å². The molecule has 0 bridgehead atoms. The number of halogens is 1. The Kier molecular flexibility index (Phi) is 4.20. The van der Waals surface area contributed by atoms with Gasteiger partial charge in [-0.25, -0.2) is 0 Å². The van der Waals surface area contributed by atoms with Crippen molar-refractivity contribution in [2.24, 2.45) is 0 Å². The van der Waals surface area contributed by atoms with Gasteiger partial charge in [0.25, 0.3) is 0 Å². The molecule has 4 heteroatoms. The second kappa shape index (κ2) is 6.27. The molecular formula is C17H18ClNO2. The lowest BCUT2D eigenvalue weighted by Gasteiger charge is -2.26. The monoisotopic (exact) mass is 303 g/mol. The zero-order valence-corrected chi connectivity index (χ0v) is 12.7. The van der Waals surface area contributed by atoms with Crippen LogP contribution in [0.1, 0.15) is 17.9 Å². The summed E-state index contributed by atoms with van der Waals surface area (Å²) in [6, 6.07) is 16.2. The van der Waals surface area contributed by atoms with Gasteiger partial charge in [-0.2, -0.15) is 0 Å². The Morgan fingerprint density at radius 1 is 1.10 bits per heavy atom. The van der Waals surface area contributed by atoms with Crippen molar-refractivity contribution in [2.45, 2.75) is 12.3 Å². The van der Waals surface area contributed by atoms with Crippen LogP contribution in [0.15, 0.2) is 48.5 Å². The van der Waals surface area contributed by atoms with Crippen LogP contribution in [-0.2, 0) is 0 Å². The van der Waals surface area contributed by atoms with Crippen molar-refractivity contribution in [3.05, 3.63) is 54.1 Å². The largest absolute Gasteiger partial charge is 0.454 e. The van der Waals surface area contributed by atoms with Crippen molar-refractivity contribution >= 4 is 17.3 Å². The molecule has 3 nitrogen and oxygen atoms in total. The second-order valence-corrected chi connectivity index (χ2v) is 5.48. The Balaban J connectivity index is 1.74. The van der Waals surface area contributed by atoms with E-state index in [1.807, 2.05) is 36.4 Å². The summed E-state index contributed by atoms with van der Waals surface area (Å²) in [7, 11) is 0. The van der Waals surface area contributed by atoms with Gasteiger partial charge in [-0.3, -0.25) is 0 Å². The molecule has 0 fully saturated rings. The number of nitrogens with zero attached hydrogens (tertiary/aromatic N) is 1. The lowest BCUT2D eigenvalue weighted by molar-refractivity contribution is 0.174. The molecule has 0 spiro atoms. The summed E-state index contributed by atoms with van der Waals surface area (Å²) in [6.45, 7) is 4.09. The normalized spacial score (nSPS) is 14.0. The standard InChI is InChI=1S/C17H18ClNO2/c1-2-19(14-6-4-3-5-7-14)11-15(18)13-8-9-16-17(10-13)21-12-20-16/h3-10,15H,2,11-12H2,1H3. The third-order valence-corrected chi connectivity index (χ3v) is 4.03. The highest BCUT2D eigenvalue weighted by atomic mass is 35.5. The van der Waals surface area contributed by atoms with Crippen LogP contribution in [0, 0.1) is 0 Å². The van der Waals surface area contributed by atoms with E-state index in [0.29, 0.717) is 0 Å². The van der Waals surface area contributed by atoms with Gasteiger partial charge in [-0.15, -0.1) is 11.6 Å². The molecule has 3 rings (SSSR count). The number of fused-ring (bicyclic) bond motifs is 1. The van der Waals surface area contributed by atoms with Crippen LogP contribution >= 0.6 is 11.6 Å². The SMILES string of the molecule is CCN(CC(Cl)c1ccc2c(c1)OCO2)c1ccccc1. The Morgan fingerprint density at radius 2 is 1.86 bits per heavy atom. The van der Waals surface area contributed by atoms with Gasteiger partial charge in [0.1, 0.15) is 0 Å². The fourth-order valence-electron chi connectivity index (χ4n) is 2.46. The lowest BCUT2D eigenvalue weighted by atomic mass is 10.1. The molecule has 1 unspecified atom stereocenters. The summed E-state index contributed by atoms with van der Waals surface area (Å²) in [5.74, 6) is 1.57. The van der Waals surface area contributed by atoms with E-state index < -0.39 is 0 Å². The fourth-order valence-corrected chi connectivity index (χ4v) is 2.77. The summed E-state index contributed by atoms with van der Waals surface area (Å²) in [6.07, 6.45) is 0. The summed E-state index contributed by atoms with van der Waals surface area (Å²) >= 11 is 6.59. The summed E-state index contributed by atoms with van der Waals surface area (Å²) in [5, 5.41) is -0.0975. The Labute approximate surface area is 130 Å². The minimum absolute atomic E-state index is 0.0975. The van der Waals surface area contributed by atoms with Crippen molar-refractivity contribution in [1.82, 2.24) is 0 Å². The number of rotatable bonds is 5. The summed E-state index contributed by atoms with van der Waals surface area (Å²) in [5.41, 5.74) is 2.24. The first kappa shape index (κ1) is 14.1. The van der Waals surface area contributed by atoms with Gasteiger partial charge in [0.15, 0.2) is 11.5 Å². The number of alkyl halides is 1. The molecule has 0 saturated heterocycles. The molecule has 2 aromatic rings. The van der Waals surface area contributed by atoms with Crippen molar-refractivity contribution in [3.8, 4) is 11.5 Å². The van der Waals surface area contributed by atoms with Crippen LogP contribution < -0.4 is 14.4 Å². The first-order valence-electron chi connectivity index (χ1n) is 7.11. The average Bonchev–Trinajstić information content (AvgIpc) is 3.00. The number of para-hydroxylation sites is 1.